The molecule has 1 saturated carbocycles. The molecule has 122 valence electrons. The maximum atomic E-state index is 12.4. The Kier molecular flexibility index (Phi) is 3.78. The van der Waals surface area contributed by atoms with E-state index in [0.29, 0.717) is 17.3 Å². The zero-order chi connectivity index (χ0) is 16.4. The average Bonchev–Trinajstić information content (AvgIpc) is 3.36. The zero-order valence-corrected chi connectivity index (χ0v) is 13.0. The number of aromatic nitrogens is 6. The van der Waals surface area contributed by atoms with Crippen molar-refractivity contribution in [1.82, 2.24) is 30.4 Å². The van der Waals surface area contributed by atoms with Gasteiger partial charge in [0, 0.05) is 23.2 Å². The lowest BCUT2D eigenvalue weighted by atomic mass is 10.0. The van der Waals surface area contributed by atoms with Crippen molar-refractivity contribution in [1.29, 1.82) is 0 Å². The number of hydrogen-bond acceptors (Lipinski definition) is 5. The van der Waals surface area contributed by atoms with E-state index in [2.05, 4.69) is 31.0 Å². The summed E-state index contributed by atoms with van der Waals surface area (Å²) >= 11 is 0. The van der Waals surface area contributed by atoms with Gasteiger partial charge in [0.1, 0.15) is 6.33 Å². The Morgan fingerprint density at radius 3 is 2.92 bits per heavy atom. The zero-order valence-electron chi connectivity index (χ0n) is 13.0. The highest BCUT2D eigenvalue weighted by Gasteiger charge is 2.19. The van der Waals surface area contributed by atoms with Crippen molar-refractivity contribution in [3.63, 3.8) is 0 Å². The van der Waals surface area contributed by atoms with Crippen LogP contribution in [0, 0.1) is 0 Å². The van der Waals surface area contributed by atoms with E-state index in [1.807, 2.05) is 12.1 Å². The number of carbonyl (C=O) groups excluding carboxylic acids is 1. The third kappa shape index (κ3) is 2.90. The SMILES string of the molecule is O=C(Nc1cc(C2CCCC2)[nH]n1)c1cccc(-n2cnnn2)c1. The fourth-order valence-corrected chi connectivity index (χ4v) is 3.10. The lowest BCUT2D eigenvalue weighted by molar-refractivity contribution is 0.102. The number of aromatic amines is 1. The minimum absolute atomic E-state index is 0.214. The number of H-pyrrole nitrogens is 1. The molecule has 8 nitrogen and oxygen atoms in total. The van der Waals surface area contributed by atoms with Crippen LogP contribution in [-0.2, 0) is 0 Å². The number of carbonyl (C=O) groups is 1. The molecule has 24 heavy (non-hydrogen) atoms. The number of tetrazole rings is 1. The van der Waals surface area contributed by atoms with Crippen molar-refractivity contribution < 1.29 is 4.79 Å². The van der Waals surface area contributed by atoms with Gasteiger partial charge < -0.3 is 5.32 Å². The van der Waals surface area contributed by atoms with Crippen LogP contribution < -0.4 is 5.32 Å². The molecule has 0 saturated heterocycles. The Labute approximate surface area is 138 Å². The lowest BCUT2D eigenvalue weighted by Crippen LogP contribution is -2.12. The third-order valence-corrected chi connectivity index (χ3v) is 4.36. The summed E-state index contributed by atoms with van der Waals surface area (Å²) in [5, 5.41) is 21.1. The van der Waals surface area contributed by atoms with Gasteiger partial charge in [-0.25, -0.2) is 4.68 Å². The van der Waals surface area contributed by atoms with E-state index in [-0.39, 0.29) is 5.91 Å². The fourth-order valence-electron chi connectivity index (χ4n) is 3.10. The Bertz CT molecular complexity index is 834. The first-order valence-electron chi connectivity index (χ1n) is 8.00. The van der Waals surface area contributed by atoms with E-state index in [1.165, 1.54) is 36.7 Å². The van der Waals surface area contributed by atoms with Gasteiger partial charge in [0.25, 0.3) is 5.91 Å². The molecule has 2 heterocycles. The molecule has 0 unspecified atom stereocenters. The predicted octanol–water partition coefficient (Wildman–Crippen LogP) is 2.30. The van der Waals surface area contributed by atoms with Crippen molar-refractivity contribution in [3.8, 4) is 5.69 Å². The van der Waals surface area contributed by atoms with E-state index >= 15 is 0 Å². The monoisotopic (exact) mass is 323 g/mol. The molecule has 4 rings (SSSR count). The summed E-state index contributed by atoms with van der Waals surface area (Å²) in [4.78, 5) is 12.4. The molecule has 3 aromatic rings. The van der Waals surface area contributed by atoms with Gasteiger partial charge in [0.15, 0.2) is 5.82 Å². The largest absolute Gasteiger partial charge is 0.305 e. The molecule has 8 heteroatoms. The number of rotatable bonds is 4. The van der Waals surface area contributed by atoms with Crippen LogP contribution in [0.1, 0.15) is 47.7 Å². The Morgan fingerprint density at radius 2 is 2.12 bits per heavy atom. The molecule has 1 aliphatic carbocycles. The minimum atomic E-state index is -0.214. The summed E-state index contributed by atoms with van der Waals surface area (Å²) in [5.74, 6) is 0.871. The van der Waals surface area contributed by atoms with Crippen molar-refractivity contribution in [2.75, 3.05) is 5.32 Å². The van der Waals surface area contributed by atoms with Crippen LogP contribution in [0.25, 0.3) is 5.69 Å². The van der Waals surface area contributed by atoms with Gasteiger partial charge >= 0.3 is 0 Å². The Morgan fingerprint density at radius 1 is 1.25 bits per heavy atom. The molecule has 0 spiro atoms. The first kappa shape index (κ1) is 14.6. The quantitative estimate of drug-likeness (QED) is 0.767. The molecule has 2 aromatic heterocycles. The summed E-state index contributed by atoms with van der Waals surface area (Å²) in [6.07, 6.45) is 6.37. The van der Waals surface area contributed by atoms with Crippen LogP contribution in [0.15, 0.2) is 36.7 Å². The van der Waals surface area contributed by atoms with Crippen molar-refractivity contribution in [3.05, 3.63) is 47.9 Å². The van der Waals surface area contributed by atoms with Crippen molar-refractivity contribution in [2.45, 2.75) is 31.6 Å². The second kappa shape index (κ2) is 6.23. The van der Waals surface area contributed by atoms with Crippen LogP contribution in [0.2, 0.25) is 0 Å². The van der Waals surface area contributed by atoms with Gasteiger partial charge in [-0.05, 0) is 41.5 Å². The van der Waals surface area contributed by atoms with Crippen molar-refractivity contribution >= 4 is 11.7 Å². The standard InChI is InChI=1S/C16H17N7O/c24-16(12-6-3-7-13(8-12)23-10-17-21-22-23)18-15-9-14(19-20-15)11-4-1-2-5-11/h3,6-11H,1-2,4-5H2,(H2,18,19,20,24). The van der Waals surface area contributed by atoms with Crippen molar-refractivity contribution in [2.24, 2.45) is 0 Å². The third-order valence-electron chi connectivity index (χ3n) is 4.36. The van der Waals surface area contributed by atoms with E-state index in [0.717, 1.165) is 11.4 Å². The Hall–Kier alpha value is -3.03. The maximum absolute atomic E-state index is 12.4. The van der Waals surface area contributed by atoms with Crippen LogP contribution in [-0.4, -0.2) is 36.3 Å². The molecule has 0 atom stereocenters. The average molecular weight is 323 g/mol. The van der Waals surface area contributed by atoms with E-state index in [4.69, 9.17) is 0 Å². The fraction of sp³-hybridized carbons (Fsp3) is 0.312. The first-order valence-corrected chi connectivity index (χ1v) is 8.00. The van der Waals surface area contributed by atoms with Gasteiger partial charge in [-0.15, -0.1) is 5.10 Å². The molecule has 1 aromatic carbocycles. The second-order valence-electron chi connectivity index (χ2n) is 5.95. The maximum Gasteiger partial charge on any atom is 0.256 e. The number of anilines is 1. The molecule has 2 N–H and O–H groups in total. The summed E-state index contributed by atoms with van der Waals surface area (Å²) in [5.41, 5.74) is 2.35. The van der Waals surface area contributed by atoms with E-state index in [9.17, 15) is 4.79 Å². The van der Waals surface area contributed by atoms with Crippen LogP contribution in [0.3, 0.4) is 0 Å². The predicted molar refractivity (Wildman–Crippen MR) is 86.9 cm³/mol. The number of nitrogens with zero attached hydrogens (tertiary/aromatic N) is 5. The summed E-state index contributed by atoms with van der Waals surface area (Å²) < 4.78 is 1.50. The number of nitrogens with one attached hydrogen (secondary N) is 2. The van der Waals surface area contributed by atoms with Gasteiger partial charge in [-0.2, -0.15) is 5.10 Å². The highest BCUT2D eigenvalue weighted by molar-refractivity contribution is 6.04. The second-order valence-corrected chi connectivity index (χ2v) is 5.95. The van der Waals surface area contributed by atoms with Crippen LogP contribution >= 0.6 is 0 Å². The lowest BCUT2D eigenvalue weighted by Gasteiger charge is -2.05. The highest BCUT2D eigenvalue weighted by Crippen LogP contribution is 2.33. The molecule has 1 amide bonds. The molecular weight excluding hydrogens is 306 g/mol. The molecule has 0 bridgehead atoms. The number of hydrogen-bond donors (Lipinski definition) is 2. The number of benzene rings is 1. The molecule has 1 aliphatic rings. The molecule has 0 radical (unpaired) electrons. The highest BCUT2D eigenvalue weighted by atomic mass is 16.1. The topological polar surface area (TPSA) is 101 Å². The van der Waals surface area contributed by atoms with Gasteiger partial charge in [-0.1, -0.05) is 18.9 Å². The smallest absolute Gasteiger partial charge is 0.256 e. The van der Waals surface area contributed by atoms with E-state index < -0.39 is 0 Å². The first-order chi connectivity index (χ1) is 11.8. The Balaban J connectivity index is 1.49. The van der Waals surface area contributed by atoms with Gasteiger partial charge in [0.05, 0.1) is 5.69 Å². The van der Waals surface area contributed by atoms with Crippen LogP contribution in [0.4, 0.5) is 5.82 Å². The van der Waals surface area contributed by atoms with Gasteiger partial charge in [0.2, 0.25) is 0 Å². The summed E-state index contributed by atoms with van der Waals surface area (Å²) in [6, 6.07) is 9.03. The summed E-state index contributed by atoms with van der Waals surface area (Å²) in [7, 11) is 0. The minimum Gasteiger partial charge on any atom is -0.305 e. The molecule has 0 aliphatic heterocycles. The van der Waals surface area contributed by atoms with Crippen LogP contribution in [0.5, 0.6) is 0 Å². The normalized spacial score (nSPS) is 14.8. The number of amides is 1. The molecular formula is C16H17N7O. The summed E-state index contributed by atoms with van der Waals surface area (Å²) in [6.45, 7) is 0. The van der Waals surface area contributed by atoms with Gasteiger partial charge in [-0.3, -0.25) is 9.89 Å². The van der Waals surface area contributed by atoms with E-state index in [1.54, 1.807) is 18.2 Å². The molecule has 1 fully saturated rings.